The van der Waals surface area contributed by atoms with Gasteiger partial charge in [-0.3, -0.25) is 0 Å². The topological polar surface area (TPSA) is 121 Å². The van der Waals surface area contributed by atoms with Crippen LogP contribution >= 0.6 is 0 Å². The molecule has 2 bridgehead atoms. The molecule has 97 heavy (non-hydrogen) atoms. The molecule has 12 aromatic carbocycles. The van der Waals surface area contributed by atoms with E-state index in [1.807, 2.05) is 0 Å². The Bertz CT molecular complexity index is 3830. The van der Waals surface area contributed by atoms with Crippen molar-refractivity contribution in [2.45, 2.75) is 96.3 Å². The Labute approximate surface area is 581 Å². The van der Waals surface area contributed by atoms with Crippen molar-refractivity contribution in [2.24, 2.45) is 11.8 Å². The van der Waals surface area contributed by atoms with Gasteiger partial charge in [0.25, 0.3) is 0 Å². The highest BCUT2D eigenvalue weighted by Crippen LogP contribution is 2.66. The summed E-state index contributed by atoms with van der Waals surface area (Å²) in [7, 11) is 6.00. The summed E-state index contributed by atoms with van der Waals surface area (Å²) in [5, 5.41) is 47.1. The van der Waals surface area contributed by atoms with E-state index in [2.05, 4.69) is 345 Å². The average Bonchev–Trinajstić information content (AvgIpc) is 1.59. The second kappa shape index (κ2) is 41.1. The van der Waals surface area contributed by atoms with E-state index in [0.717, 1.165) is 54.5 Å². The Morgan fingerprint density at radius 2 is 0.443 bits per heavy atom. The molecule has 5 aliphatic rings. The van der Waals surface area contributed by atoms with E-state index in [9.17, 15) is 0 Å². The minimum Gasteiger partial charge on any atom is -0.400 e. The van der Waals surface area contributed by atoms with Crippen LogP contribution in [0.3, 0.4) is 0 Å². The Balaban J connectivity index is 0.000000237. The molecule has 0 spiro atoms. The van der Waals surface area contributed by atoms with Crippen LogP contribution in [-0.2, 0) is 16.2 Å². The van der Waals surface area contributed by atoms with E-state index in [1.165, 1.54) is 138 Å². The Morgan fingerprint density at radius 3 is 0.701 bits per heavy atom. The Morgan fingerprint density at radius 1 is 0.237 bits per heavy atom. The highest BCUT2D eigenvalue weighted by molar-refractivity contribution is 6.00. The fraction of sp³-hybridized carbons (Fsp3) is 0.253. The fourth-order valence-electron chi connectivity index (χ4n) is 14.8. The molecule has 0 radical (unpaired) electrons. The highest BCUT2D eigenvalue weighted by atomic mass is 16.2. The number of benzene rings is 12. The summed E-state index contributed by atoms with van der Waals surface area (Å²) in [5.74, 6) is 1.74. The number of hydrogen-bond acceptors (Lipinski definition) is 6. The van der Waals surface area contributed by atoms with Gasteiger partial charge in [-0.1, -0.05) is 340 Å². The van der Waals surface area contributed by atoms with Crippen LogP contribution < -0.4 is 0 Å². The largest absolute Gasteiger partial charge is 0.400 e. The number of aliphatic hydroxyl groups is 6. The van der Waals surface area contributed by atoms with Gasteiger partial charge in [-0.2, -0.15) is 0 Å². The molecule has 506 valence electrons. The molecule has 3 saturated carbocycles. The van der Waals surface area contributed by atoms with E-state index in [-0.39, 0.29) is 10.8 Å². The molecule has 0 aliphatic heterocycles. The summed E-state index contributed by atoms with van der Waals surface area (Å²) < 4.78 is 0. The first kappa shape index (κ1) is 78.6. The standard InChI is InChI=1S/C33H22.C25H18.C18H18.3C3H8.6CH4O/c1-3-15-27(16-4-1)33(28-17-5-2-6-18-28)31-21-25-13-9-7-11-23(25)19-29(31)30-20-24-12-8-10-14-26(24)22-32(30)33;1-3-11-19(12-4-1)25(20-13-5-2-6-14-20)23-17-9-7-15-21(23)22-16-8-10-18-24(22)25;1-3-7-14(8-4-1)18(15-9-5-2-6-10-15)16-11-12-17(18)13-16;3*1-3-2;6*1-2/h1-22H;1-18H;1-10,16-17H,11-13H2;3*3H2,1-2H3;6*2H,1H3. The number of fused-ring (bicyclic) bond motifs is 9. The van der Waals surface area contributed by atoms with Crippen LogP contribution in [0.1, 0.15) is 136 Å². The fourth-order valence-corrected chi connectivity index (χ4v) is 14.8. The van der Waals surface area contributed by atoms with Crippen LogP contribution in [0.2, 0.25) is 0 Å². The minimum atomic E-state index is -0.360. The van der Waals surface area contributed by atoms with Gasteiger partial charge in [0.2, 0.25) is 0 Å². The molecular weight excluding hydrogens is 1190 g/mol. The molecular formula is C91H106O6. The molecule has 5 aliphatic carbocycles. The second-order valence-electron chi connectivity index (χ2n) is 23.5. The maximum Gasteiger partial charge on any atom is 0.0714 e. The van der Waals surface area contributed by atoms with Crippen LogP contribution in [0.15, 0.2) is 303 Å². The first-order valence-corrected chi connectivity index (χ1v) is 34.2. The van der Waals surface area contributed by atoms with Gasteiger partial charge in [0.15, 0.2) is 0 Å². The van der Waals surface area contributed by atoms with Crippen LogP contribution in [-0.4, -0.2) is 73.3 Å². The Kier molecular flexibility index (Phi) is 33.3. The number of aliphatic hydroxyl groups excluding tert-OH is 6. The summed E-state index contributed by atoms with van der Waals surface area (Å²) in [6.07, 6.45) is 8.01. The van der Waals surface area contributed by atoms with Gasteiger partial charge in [-0.25, -0.2) is 0 Å². The lowest BCUT2D eigenvalue weighted by Gasteiger charge is -2.51. The van der Waals surface area contributed by atoms with E-state index in [1.54, 1.807) is 0 Å². The molecule has 0 saturated heterocycles. The molecule has 12 aromatic rings. The summed E-state index contributed by atoms with van der Waals surface area (Å²) in [6, 6.07) is 111. The third kappa shape index (κ3) is 16.3. The maximum absolute atomic E-state index is 7.00. The molecule has 0 aromatic heterocycles. The van der Waals surface area contributed by atoms with Crippen molar-refractivity contribution in [3.63, 3.8) is 0 Å². The van der Waals surface area contributed by atoms with Gasteiger partial charge in [0.1, 0.15) is 0 Å². The highest BCUT2D eigenvalue weighted by Gasteiger charge is 2.60. The van der Waals surface area contributed by atoms with Crippen molar-refractivity contribution in [3.8, 4) is 22.3 Å². The van der Waals surface area contributed by atoms with E-state index < -0.39 is 0 Å². The van der Waals surface area contributed by atoms with Gasteiger partial charge in [0, 0.05) is 48.1 Å². The lowest BCUT2D eigenvalue weighted by atomic mass is 9.52. The quantitative estimate of drug-likeness (QED) is 0.0987. The molecule has 0 heterocycles. The van der Waals surface area contributed by atoms with E-state index >= 15 is 0 Å². The van der Waals surface area contributed by atoms with Gasteiger partial charge in [-0.15, -0.1) is 0 Å². The third-order valence-corrected chi connectivity index (χ3v) is 17.9. The molecule has 2 unspecified atom stereocenters. The number of rotatable bonds is 6. The SMILES string of the molecule is CCC.CCC.CCC.CO.CO.CO.CO.CO.CO.c1ccc(C2(c3ccccc3)C3CCC2C3)cc1.c1ccc(C2(c3ccccc3)c3cc4ccccc4cc3-c3cc4ccccc4cc32)cc1.c1ccc(C2(c3ccccc3)c3ccccc3-c3ccccc32)cc1. The predicted octanol–water partition coefficient (Wildman–Crippen LogP) is 20.7. The average molecular weight is 1300 g/mol. The van der Waals surface area contributed by atoms with Crippen molar-refractivity contribution in [3.05, 3.63) is 359 Å². The zero-order valence-corrected chi connectivity index (χ0v) is 59.4. The maximum atomic E-state index is 7.00. The molecule has 3 fully saturated rings. The van der Waals surface area contributed by atoms with Crippen molar-refractivity contribution in [2.75, 3.05) is 42.7 Å². The smallest absolute Gasteiger partial charge is 0.0714 e. The van der Waals surface area contributed by atoms with Gasteiger partial charge < -0.3 is 30.6 Å². The predicted molar refractivity (Wildman–Crippen MR) is 414 cm³/mol. The second-order valence-corrected chi connectivity index (χ2v) is 23.5. The molecule has 2 atom stereocenters. The van der Waals surface area contributed by atoms with Crippen LogP contribution in [0, 0.1) is 11.8 Å². The van der Waals surface area contributed by atoms with Gasteiger partial charge in [-0.05, 0) is 155 Å². The minimum absolute atomic E-state index is 0.254. The summed E-state index contributed by atoms with van der Waals surface area (Å²) >= 11 is 0. The van der Waals surface area contributed by atoms with Crippen molar-refractivity contribution < 1.29 is 30.6 Å². The van der Waals surface area contributed by atoms with Crippen LogP contribution in [0.5, 0.6) is 0 Å². The monoisotopic (exact) mass is 1290 g/mol. The van der Waals surface area contributed by atoms with Crippen molar-refractivity contribution >= 4 is 21.5 Å². The normalized spacial score (nSPS) is 14.3. The Hall–Kier alpha value is -9.08. The molecule has 17 rings (SSSR count). The molecule has 0 amide bonds. The van der Waals surface area contributed by atoms with E-state index in [0.29, 0.717) is 5.41 Å². The summed E-state index contributed by atoms with van der Waals surface area (Å²) in [5.41, 5.74) is 18.9. The van der Waals surface area contributed by atoms with Crippen LogP contribution in [0.4, 0.5) is 0 Å². The zero-order chi connectivity index (χ0) is 70.6. The number of hydrogen-bond donors (Lipinski definition) is 6. The third-order valence-electron chi connectivity index (χ3n) is 17.9. The lowest BCUT2D eigenvalue weighted by Crippen LogP contribution is -2.47. The van der Waals surface area contributed by atoms with Gasteiger partial charge >= 0.3 is 0 Å². The molecule has 6 heteroatoms. The molecule has 6 nitrogen and oxygen atoms in total. The lowest BCUT2D eigenvalue weighted by molar-refractivity contribution is 0.145. The summed E-state index contributed by atoms with van der Waals surface area (Å²) in [6.45, 7) is 12.8. The van der Waals surface area contributed by atoms with Gasteiger partial charge in [0.05, 0.1) is 10.8 Å². The zero-order valence-electron chi connectivity index (χ0n) is 59.4. The van der Waals surface area contributed by atoms with Crippen LogP contribution in [0.25, 0.3) is 43.8 Å². The summed E-state index contributed by atoms with van der Waals surface area (Å²) in [4.78, 5) is 0. The molecule has 6 N–H and O–H groups in total. The van der Waals surface area contributed by atoms with Crippen molar-refractivity contribution in [1.29, 1.82) is 0 Å². The van der Waals surface area contributed by atoms with Crippen molar-refractivity contribution in [1.82, 2.24) is 0 Å². The van der Waals surface area contributed by atoms with E-state index in [4.69, 9.17) is 30.6 Å². The first-order valence-electron chi connectivity index (χ1n) is 34.2. The first-order chi connectivity index (χ1) is 47.9.